The first kappa shape index (κ1) is 11.3. The molecule has 0 aliphatic carbocycles. The summed E-state index contributed by atoms with van der Waals surface area (Å²) < 4.78 is 10.5. The van der Waals surface area contributed by atoms with Gasteiger partial charge in [0.05, 0.1) is 11.1 Å². The molecule has 1 rings (SSSR count). The van der Waals surface area contributed by atoms with Gasteiger partial charge in [0.1, 0.15) is 11.5 Å². The molecule has 0 saturated heterocycles. The largest absolute Gasteiger partial charge is 0.508 e. The van der Waals surface area contributed by atoms with Gasteiger partial charge in [-0.15, -0.1) is 0 Å². The zero-order valence-corrected chi connectivity index (χ0v) is 9.24. The number of phenols is 1. The number of rotatable bonds is 4. The summed E-state index contributed by atoms with van der Waals surface area (Å²) in [6, 6.07) is 3.02. The second-order valence-corrected chi connectivity index (χ2v) is 3.47. The Kier molecular flexibility index (Phi) is 4.19. The van der Waals surface area contributed by atoms with Gasteiger partial charge in [0.15, 0.2) is 6.79 Å². The smallest absolute Gasteiger partial charge is 0.188 e. The molecule has 0 bridgehead atoms. The van der Waals surface area contributed by atoms with E-state index >= 15 is 0 Å². The molecule has 0 aliphatic rings. The van der Waals surface area contributed by atoms with Crippen LogP contribution >= 0.6 is 15.9 Å². The molecule has 0 heterocycles. The van der Waals surface area contributed by atoms with E-state index in [1.54, 1.807) is 6.07 Å². The number of aromatic hydroxyl groups is 1. The molecule has 1 aromatic carbocycles. The zero-order valence-electron chi connectivity index (χ0n) is 7.66. The summed E-state index contributed by atoms with van der Waals surface area (Å²) in [6.45, 7) is -0.114. The van der Waals surface area contributed by atoms with Gasteiger partial charge in [-0.2, -0.15) is 0 Å². The second kappa shape index (κ2) is 5.19. The predicted octanol–water partition coefficient (Wildman–Crippen LogP) is 1.63. The Bertz CT molecular complexity index is 314. The third kappa shape index (κ3) is 2.60. The fourth-order valence-corrected chi connectivity index (χ4v) is 1.39. The fourth-order valence-electron chi connectivity index (χ4n) is 0.945. The van der Waals surface area contributed by atoms with Gasteiger partial charge in [-0.3, -0.25) is 0 Å². The lowest BCUT2D eigenvalue weighted by molar-refractivity contribution is 0.0504. The molecule has 0 aromatic heterocycles. The number of benzene rings is 1. The SMILES string of the molecule is COCOc1cc(CO)c(O)cc1Br. The molecule has 5 heteroatoms. The topological polar surface area (TPSA) is 58.9 Å². The Balaban J connectivity index is 2.92. The number of methoxy groups -OCH3 is 1. The summed E-state index contributed by atoms with van der Waals surface area (Å²) in [5, 5.41) is 18.3. The van der Waals surface area contributed by atoms with E-state index in [2.05, 4.69) is 15.9 Å². The quantitative estimate of drug-likeness (QED) is 0.810. The average molecular weight is 263 g/mol. The fraction of sp³-hybridized carbons (Fsp3) is 0.333. The molecule has 14 heavy (non-hydrogen) atoms. The van der Waals surface area contributed by atoms with Crippen molar-refractivity contribution in [1.29, 1.82) is 0 Å². The van der Waals surface area contributed by atoms with Crippen LogP contribution in [0.1, 0.15) is 5.56 Å². The van der Waals surface area contributed by atoms with Crippen molar-refractivity contribution in [3.05, 3.63) is 22.2 Å². The summed E-state index contributed by atoms with van der Waals surface area (Å²) in [5.41, 5.74) is 0.416. The average Bonchev–Trinajstić information content (AvgIpc) is 2.17. The lowest BCUT2D eigenvalue weighted by Gasteiger charge is -2.09. The van der Waals surface area contributed by atoms with E-state index < -0.39 is 0 Å². The van der Waals surface area contributed by atoms with Gasteiger partial charge in [-0.1, -0.05) is 0 Å². The molecule has 1 aromatic rings. The highest BCUT2D eigenvalue weighted by Gasteiger charge is 2.07. The third-order valence-electron chi connectivity index (χ3n) is 1.64. The maximum absolute atomic E-state index is 9.36. The third-order valence-corrected chi connectivity index (χ3v) is 2.26. The van der Waals surface area contributed by atoms with E-state index in [0.29, 0.717) is 15.8 Å². The van der Waals surface area contributed by atoms with Crippen LogP contribution in [0.2, 0.25) is 0 Å². The van der Waals surface area contributed by atoms with Crippen LogP contribution in [0.3, 0.4) is 0 Å². The number of hydrogen-bond donors (Lipinski definition) is 2. The monoisotopic (exact) mass is 262 g/mol. The second-order valence-electron chi connectivity index (χ2n) is 2.62. The highest BCUT2D eigenvalue weighted by molar-refractivity contribution is 9.10. The number of hydrogen-bond acceptors (Lipinski definition) is 4. The van der Waals surface area contributed by atoms with Crippen molar-refractivity contribution in [2.45, 2.75) is 6.61 Å². The summed E-state index contributed by atoms with van der Waals surface area (Å²) in [7, 11) is 1.52. The molecule has 0 saturated carbocycles. The van der Waals surface area contributed by atoms with Crippen molar-refractivity contribution in [2.24, 2.45) is 0 Å². The van der Waals surface area contributed by atoms with Crippen molar-refractivity contribution < 1.29 is 19.7 Å². The van der Waals surface area contributed by atoms with E-state index in [0.717, 1.165) is 0 Å². The number of halogens is 1. The minimum absolute atomic E-state index is 0.0316. The molecule has 2 N–H and O–H groups in total. The van der Waals surface area contributed by atoms with E-state index in [-0.39, 0.29) is 19.1 Å². The Hall–Kier alpha value is -0.780. The molecule has 0 radical (unpaired) electrons. The van der Waals surface area contributed by atoms with Crippen LogP contribution in [0.15, 0.2) is 16.6 Å². The highest BCUT2D eigenvalue weighted by Crippen LogP contribution is 2.32. The van der Waals surface area contributed by atoms with Gasteiger partial charge in [-0.25, -0.2) is 0 Å². The van der Waals surface area contributed by atoms with E-state index in [9.17, 15) is 5.11 Å². The Morgan fingerprint density at radius 2 is 2.14 bits per heavy atom. The first-order valence-corrected chi connectivity index (χ1v) is 4.72. The van der Waals surface area contributed by atoms with Crippen molar-refractivity contribution in [2.75, 3.05) is 13.9 Å². The first-order chi connectivity index (χ1) is 6.69. The number of aliphatic hydroxyl groups excluding tert-OH is 1. The Labute approximate surface area is 90.2 Å². The summed E-state index contributed by atoms with van der Waals surface area (Å²) in [6.07, 6.45) is 0. The normalized spacial score (nSPS) is 10.2. The molecule has 0 atom stereocenters. The molecule has 78 valence electrons. The Morgan fingerprint density at radius 1 is 1.43 bits per heavy atom. The standard InChI is InChI=1S/C9H11BrO4/c1-13-5-14-9-2-6(4-11)8(12)3-7(9)10/h2-3,11-12H,4-5H2,1H3. The molecular formula is C9H11BrO4. The van der Waals surface area contributed by atoms with Crippen LogP contribution in [-0.2, 0) is 11.3 Å². The van der Waals surface area contributed by atoms with Crippen LogP contribution < -0.4 is 4.74 Å². The predicted molar refractivity (Wildman–Crippen MR) is 54.2 cm³/mol. The van der Waals surface area contributed by atoms with Gasteiger partial charge in [0, 0.05) is 12.7 Å². The highest BCUT2D eigenvalue weighted by atomic mass is 79.9. The van der Waals surface area contributed by atoms with Crippen LogP contribution in [0.25, 0.3) is 0 Å². The van der Waals surface area contributed by atoms with Gasteiger partial charge < -0.3 is 19.7 Å². The zero-order chi connectivity index (χ0) is 10.6. The minimum atomic E-state index is -0.234. The van der Waals surface area contributed by atoms with Crippen LogP contribution in [-0.4, -0.2) is 24.1 Å². The maximum atomic E-state index is 9.36. The molecular weight excluding hydrogens is 252 g/mol. The molecule has 0 spiro atoms. The Morgan fingerprint density at radius 3 is 2.71 bits per heavy atom. The summed E-state index contributed by atoms with van der Waals surface area (Å²) in [5.74, 6) is 0.554. The number of ether oxygens (including phenoxy) is 2. The summed E-state index contributed by atoms with van der Waals surface area (Å²) in [4.78, 5) is 0. The molecule has 0 unspecified atom stereocenters. The van der Waals surface area contributed by atoms with Crippen molar-refractivity contribution >= 4 is 15.9 Å². The lowest BCUT2D eigenvalue weighted by Crippen LogP contribution is -2.00. The van der Waals surface area contributed by atoms with Crippen LogP contribution in [0.5, 0.6) is 11.5 Å². The van der Waals surface area contributed by atoms with E-state index in [4.69, 9.17) is 14.6 Å². The molecule has 0 aliphatic heterocycles. The molecule has 0 fully saturated rings. The van der Waals surface area contributed by atoms with Gasteiger partial charge in [0.25, 0.3) is 0 Å². The van der Waals surface area contributed by atoms with Crippen LogP contribution in [0.4, 0.5) is 0 Å². The van der Waals surface area contributed by atoms with Crippen LogP contribution in [0, 0.1) is 0 Å². The molecule has 0 amide bonds. The maximum Gasteiger partial charge on any atom is 0.188 e. The van der Waals surface area contributed by atoms with Gasteiger partial charge >= 0.3 is 0 Å². The van der Waals surface area contributed by atoms with Crippen molar-refractivity contribution in [3.8, 4) is 11.5 Å². The van der Waals surface area contributed by atoms with Gasteiger partial charge in [0.2, 0.25) is 0 Å². The van der Waals surface area contributed by atoms with Crippen molar-refractivity contribution in [3.63, 3.8) is 0 Å². The van der Waals surface area contributed by atoms with Gasteiger partial charge in [-0.05, 0) is 28.1 Å². The minimum Gasteiger partial charge on any atom is -0.508 e. The summed E-state index contributed by atoms with van der Waals surface area (Å²) >= 11 is 3.22. The lowest BCUT2D eigenvalue weighted by atomic mass is 10.2. The molecule has 4 nitrogen and oxygen atoms in total. The first-order valence-electron chi connectivity index (χ1n) is 3.93. The number of aliphatic hydroxyl groups is 1. The van der Waals surface area contributed by atoms with E-state index in [1.165, 1.54) is 13.2 Å². The van der Waals surface area contributed by atoms with E-state index in [1.807, 2.05) is 0 Å². The van der Waals surface area contributed by atoms with Crippen molar-refractivity contribution in [1.82, 2.24) is 0 Å².